The SMILES string of the molecule is Cc1ccc(NC(=O)C(C)C)cc1C1CCN(C(C)C2C=CC(S(=O)c3ccc(Cl)cc3)=CC2)CC1. The van der Waals surface area contributed by atoms with Crippen molar-refractivity contribution in [1.29, 1.82) is 0 Å². The van der Waals surface area contributed by atoms with Crippen LogP contribution in [0, 0.1) is 18.8 Å². The molecule has 0 radical (unpaired) electrons. The van der Waals surface area contributed by atoms with Gasteiger partial charge in [-0.3, -0.25) is 4.79 Å². The van der Waals surface area contributed by atoms with Crippen LogP contribution in [0.25, 0.3) is 0 Å². The van der Waals surface area contributed by atoms with Gasteiger partial charge in [-0.25, -0.2) is 4.21 Å². The van der Waals surface area contributed by atoms with Crippen LogP contribution in [0.3, 0.4) is 0 Å². The van der Waals surface area contributed by atoms with E-state index >= 15 is 0 Å². The number of hydrogen-bond donors (Lipinski definition) is 1. The molecule has 0 saturated carbocycles. The van der Waals surface area contributed by atoms with E-state index in [1.807, 2.05) is 38.1 Å². The fourth-order valence-electron chi connectivity index (χ4n) is 5.14. The van der Waals surface area contributed by atoms with Crippen LogP contribution < -0.4 is 5.32 Å². The van der Waals surface area contributed by atoms with Gasteiger partial charge in [-0.05, 0) is 112 Å². The number of nitrogens with one attached hydrogen (secondary N) is 1. The van der Waals surface area contributed by atoms with E-state index in [1.165, 1.54) is 11.1 Å². The minimum absolute atomic E-state index is 0.0309. The standard InChI is InChI=1S/C30H37ClN2O2S/c1-20(2)30(34)32-26-10-5-21(3)29(19-26)24-15-17-33(18-16-24)22(4)23-6-11-27(12-7-23)36(35)28-13-8-25(31)9-14-28/h5-6,8-14,19-20,22-24H,7,15-18H2,1-4H3,(H,32,34). The van der Waals surface area contributed by atoms with Crippen LogP contribution in [-0.2, 0) is 15.6 Å². The number of nitrogens with zero attached hydrogens (tertiary/aromatic N) is 1. The first-order chi connectivity index (χ1) is 17.2. The van der Waals surface area contributed by atoms with E-state index in [-0.39, 0.29) is 11.8 Å². The number of carbonyl (C=O) groups excluding carboxylic acids is 1. The Kier molecular flexibility index (Phi) is 8.87. The summed E-state index contributed by atoms with van der Waals surface area (Å²) < 4.78 is 12.9. The number of carbonyl (C=O) groups is 1. The van der Waals surface area contributed by atoms with E-state index in [0.29, 0.717) is 22.9 Å². The predicted octanol–water partition coefficient (Wildman–Crippen LogP) is 7.08. The summed E-state index contributed by atoms with van der Waals surface area (Å²) in [5.74, 6) is 0.961. The quantitative estimate of drug-likeness (QED) is 0.421. The van der Waals surface area contributed by atoms with Crippen LogP contribution in [0.15, 0.2) is 70.5 Å². The molecule has 1 aliphatic carbocycles. The Bertz CT molecular complexity index is 1160. The number of piperidine rings is 1. The number of rotatable bonds is 7. The lowest BCUT2D eigenvalue weighted by Gasteiger charge is -2.39. The summed E-state index contributed by atoms with van der Waals surface area (Å²) in [6, 6.07) is 14.0. The number of hydrogen-bond acceptors (Lipinski definition) is 3. The van der Waals surface area contributed by atoms with E-state index in [0.717, 1.165) is 47.8 Å². The van der Waals surface area contributed by atoms with Gasteiger partial charge in [0, 0.05) is 32.5 Å². The smallest absolute Gasteiger partial charge is 0.226 e. The molecule has 1 aliphatic heterocycles. The molecule has 0 spiro atoms. The fraction of sp³-hybridized carbons (Fsp3) is 0.433. The molecule has 1 saturated heterocycles. The van der Waals surface area contributed by atoms with Crippen molar-refractivity contribution in [2.75, 3.05) is 18.4 Å². The Hall–Kier alpha value is -2.21. The van der Waals surface area contributed by atoms with Crippen LogP contribution >= 0.6 is 11.6 Å². The molecule has 4 nitrogen and oxygen atoms in total. The van der Waals surface area contributed by atoms with Gasteiger partial charge in [0.05, 0.1) is 10.8 Å². The van der Waals surface area contributed by atoms with Crippen molar-refractivity contribution in [2.45, 2.75) is 63.8 Å². The number of allylic oxidation sites excluding steroid dienone is 2. The van der Waals surface area contributed by atoms with Gasteiger partial charge in [-0.1, -0.05) is 43.7 Å². The maximum atomic E-state index is 12.9. The average molecular weight is 525 g/mol. The molecule has 1 amide bonds. The Balaban J connectivity index is 1.33. The molecule has 2 aliphatic rings. The normalized spacial score (nSPS) is 20.7. The van der Waals surface area contributed by atoms with Crippen molar-refractivity contribution in [1.82, 2.24) is 4.90 Å². The molecule has 2 aromatic rings. The van der Waals surface area contributed by atoms with Gasteiger partial charge in [0.25, 0.3) is 0 Å². The molecule has 1 heterocycles. The maximum Gasteiger partial charge on any atom is 0.226 e. The Morgan fingerprint density at radius 1 is 1.08 bits per heavy atom. The fourth-order valence-corrected chi connectivity index (χ4v) is 6.37. The summed E-state index contributed by atoms with van der Waals surface area (Å²) in [5.41, 5.74) is 3.56. The predicted molar refractivity (Wildman–Crippen MR) is 151 cm³/mol. The molecular weight excluding hydrogens is 488 g/mol. The van der Waals surface area contributed by atoms with Gasteiger partial charge in [0.2, 0.25) is 5.91 Å². The van der Waals surface area contributed by atoms with Gasteiger partial charge in [0.15, 0.2) is 0 Å². The van der Waals surface area contributed by atoms with Crippen molar-refractivity contribution in [2.24, 2.45) is 11.8 Å². The first kappa shape index (κ1) is 26.8. The van der Waals surface area contributed by atoms with Crippen molar-refractivity contribution >= 4 is 34.0 Å². The van der Waals surface area contributed by atoms with Gasteiger partial charge in [-0.15, -0.1) is 0 Å². The summed E-state index contributed by atoms with van der Waals surface area (Å²) in [5, 5.41) is 3.71. The first-order valence-electron chi connectivity index (χ1n) is 12.9. The second-order valence-electron chi connectivity index (χ2n) is 10.4. The molecule has 1 N–H and O–H groups in total. The summed E-state index contributed by atoms with van der Waals surface area (Å²) >= 11 is 5.97. The Labute approximate surface area is 223 Å². The lowest BCUT2D eigenvalue weighted by molar-refractivity contribution is -0.118. The van der Waals surface area contributed by atoms with Crippen molar-refractivity contribution < 1.29 is 9.00 Å². The van der Waals surface area contributed by atoms with Crippen molar-refractivity contribution in [3.05, 3.63) is 81.7 Å². The topological polar surface area (TPSA) is 49.4 Å². The zero-order chi connectivity index (χ0) is 25.8. The first-order valence-corrected chi connectivity index (χ1v) is 14.5. The number of aryl methyl sites for hydroxylation is 1. The third kappa shape index (κ3) is 6.37. The summed E-state index contributed by atoms with van der Waals surface area (Å²) in [6.07, 6.45) is 9.56. The van der Waals surface area contributed by atoms with E-state index in [2.05, 4.69) is 48.3 Å². The molecule has 6 heteroatoms. The lowest BCUT2D eigenvalue weighted by atomic mass is 9.84. The van der Waals surface area contributed by atoms with Gasteiger partial charge in [0.1, 0.15) is 0 Å². The van der Waals surface area contributed by atoms with E-state index in [9.17, 15) is 9.00 Å². The van der Waals surface area contributed by atoms with Gasteiger partial charge in [-0.2, -0.15) is 0 Å². The second-order valence-corrected chi connectivity index (χ2v) is 12.3. The van der Waals surface area contributed by atoms with Crippen LogP contribution in [0.1, 0.15) is 57.1 Å². The van der Waals surface area contributed by atoms with E-state index < -0.39 is 10.8 Å². The number of anilines is 1. The molecule has 4 rings (SSSR count). The van der Waals surface area contributed by atoms with E-state index in [1.54, 1.807) is 12.1 Å². The molecule has 192 valence electrons. The molecule has 3 unspecified atom stereocenters. The highest BCUT2D eigenvalue weighted by molar-refractivity contribution is 7.89. The number of halogens is 1. The molecule has 2 aromatic carbocycles. The largest absolute Gasteiger partial charge is 0.326 e. The third-order valence-electron chi connectivity index (χ3n) is 7.58. The number of likely N-dealkylation sites (tertiary alicyclic amines) is 1. The Morgan fingerprint density at radius 3 is 2.39 bits per heavy atom. The summed E-state index contributed by atoms with van der Waals surface area (Å²) in [6.45, 7) is 10.4. The summed E-state index contributed by atoms with van der Waals surface area (Å²) in [7, 11) is -1.17. The average Bonchev–Trinajstić information content (AvgIpc) is 2.89. The summed E-state index contributed by atoms with van der Waals surface area (Å²) in [4.78, 5) is 16.4. The van der Waals surface area contributed by atoms with Crippen LogP contribution in [0.5, 0.6) is 0 Å². The minimum atomic E-state index is -1.17. The minimum Gasteiger partial charge on any atom is -0.326 e. The Morgan fingerprint density at radius 2 is 1.78 bits per heavy atom. The van der Waals surface area contributed by atoms with Gasteiger partial charge >= 0.3 is 0 Å². The zero-order valence-electron chi connectivity index (χ0n) is 21.7. The third-order valence-corrected chi connectivity index (χ3v) is 9.26. The zero-order valence-corrected chi connectivity index (χ0v) is 23.2. The van der Waals surface area contributed by atoms with Crippen molar-refractivity contribution in [3.8, 4) is 0 Å². The molecule has 0 bridgehead atoms. The number of benzene rings is 2. The van der Waals surface area contributed by atoms with Gasteiger partial charge < -0.3 is 10.2 Å². The number of amides is 1. The van der Waals surface area contributed by atoms with E-state index in [4.69, 9.17) is 11.6 Å². The van der Waals surface area contributed by atoms with Crippen LogP contribution in [-0.4, -0.2) is 34.1 Å². The molecule has 36 heavy (non-hydrogen) atoms. The van der Waals surface area contributed by atoms with Crippen LogP contribution in [0.4, 0.5) is 5.69 Å². The monoisotopic (exact) mass is 524 g/mol. The highest BCUT2D eigenvalue weighted by Gasteiger charge is 2.29. The molecule has 1 fully saturated rings. The maximum absolute atomic E-state index is 12.9. The lowest BCUT2D eigenvalue weighted by Crippen LogP contribution is -2.43. The van der Waals surface area contributed by atoms with Crippen LogP contribution in [0.2, 0.25) is 5.02 Å². The second kappa shape index (κ2) is 11.9. The molecule has 0 aromatic heterocycles. The van der Waals surface area contributed by atoms with Crippen molar-refractivity contribution in [3.63, 3.8) is 0 Å². The molecular formula is C30H37ClN2O2S. The molecule has 3 atom stereocenters. The highest BCUT2D eigenvalue weighted by Crippen LogP contribution is 2.35. The highest BCUT2D eigenvalue weighted by atomic mass is 35.5.